The molecule has 7 heteroatoms. The molecule has 2 aliphatic rings. The molecule has 0 saturated carbocycles. The summed E-state index contributed by atoms with van der Waals surface area (Å²) in [5, 5.41) is 2.63. The fraction of sp³-hybridized carbons (Fsp3) is 0.600. The average molecular weight is 386 g/mol. The normalized spacial score (nSPS) is 21.7. The van der Waals surface area contributed by atoms with E-state index in [1.165, 1.54) is 16.9 Å². The highest BCUT2D eigenvalue weighted by Crippen LogP contribution is 2.44. The number of piperidine rings is 1. The molecule has 1 amide bonds. The van der Waals surface area contributed by atoms with E-state index in [1.54, 1.807) is 0 Å². The topological polar surface area (TPSA) is 62.2 Å². The standard InChI is InChI=1S/C20H27N5OS/c1-13(2)15-11-27-17(22-15)18(26)25-9-5-7-20(12-25)8-6-14-10-21-19(24(3)4)23-16(14)20/h10-11,13H,5-9,12H2,1-4H3. The summed E-state index contributed by atoms with van der Waals surface area (Å²) in [6, 6.07) is 0. The Morgan fingerprint density at radius 2 is 2.11 bits per heavy atom. The molecule has 1 saturated heterocycles. The number of thiazole rings is 1. The lowest BCUT2D eigenvalue weighted by atomic mass is 9.77. The Morgan fingerprint density at radius 3 is 2.81 bits per heavy atom. The fourth-order valence-electron chi connectivity index (χ4n) is 4.23. The van der Waals surface area contributed by atoms with Crippen molar-refractivity contribution in [1.82, 2.24) is 19.9 Å². The molecule has 4 rings (SSSR count). The number of hydrogen-bond donors (Lipinski definition) is 0. The minimum Gasteiger partial charge on any atom is -0.347 e. The Balaban J connectivity index is 1.60. The number of rotatable bonds is 3. The average Bonchev–Trinajstić information content (AvgIpc) is 3.27. The molecule has 1 unspecified atom stereocenters. The van der Waals surface area contributed by atoms with Crippen LogP contribution in [0.3, 0.4) is 0 Å². The van der Waals surface area contributed by atoms with Crippen molar-refractivity contribution in [1.29, 1.82) is 0 Å². The quantitative estimate of drug-likeness (QED) is 0.812. The van der Waals surface area contributed by atoms with Gasteiger partial charge in [0.1, 0.15) is 0 Å². The number of hydrogen-bond acceptors (Lipinski definition) is 6. The maximum Gasteiger partial charge on any atom is 0.282 e. The van der Waals surface area contributed by atoms with E-state index in [9.17, 15) is 4.79 Å². The number of amides is 1. The van der Waals surface area contributed by atoms with Gasteiger partial charge in [-0.2, -0.15) is 0 Å². The van der Waals surface area contributed by atoms with E-state index in [-0.39, 0.29) is 11.3 Å². The van der Waals surface area contributed by atoms with Crippen molar-refractivity contribution in [3.8, 4) is 0 Å². The molecule has 6 nitrogen and oxygen atoms in total. The predicted octanol–water partition coefficient (Wildman–Crippen LogP) is 3.24. The third kappa shape index (κ3) is 3.22. The van der Waals surface area contributed by atoms with Crippen LogP contribution in [0.1, 0.15) is 65.8 Å². The van der Waals surface area contributed by atoms with E-state index in [0.717, 1.165) is 56.1 Å². The lowest BCUT2D eigenvalue weighted by molar-refractivity contribution is 0.0633. The van der Waals surface area contributed by atoms with Gasteiger partial charge in [-0.15, -0.1) is 11.3 Å². The number of aromatic nitrogens is 3. The summed E-state index contributed by atoms with van der Waals surface area (Å²) in [6.45, 7) is 5.75. The van der Waals surface area contributed by atoms with Crippen molar-refractivity contribution >= 4 is 23.2 Å². The zero-order valence-electron chi connectivity index (χ0n) is 16.5. The lowest BCUT2D eigenvalue weighted by Crippen LogP contribution is -2.48. The van der Waals surface area contributed by atoms with Crippen molar-refractivity contribution in [2.24, 2.45) is 0 Å². The highest BCUT2D eigenvalue weighted by Gasteiger charge is 2.45. The van der Waals surface area contributed by atoms with Crippen LogP contribution in [0.4, 0.5) is 5.95 Å². The third-order valence-corrected chi connectivity index (χ3v) is 6.64. The Kier molecular flexibility index (Phi) is 4.66. The van der Waals surface area contributed by atoms with Gasteiger partial charge in [-0.3, -0.25) is 4.79 Å². The summed E-state index contributed by atoms with van der Waals surface area (Å²) in [5.74, 6) is 1.17. The van der Waals surface area contributed by atoms with E-state index < -0.39 is 0 Å². The van der Waals surface area contributed by atoms with Gasteiger partial charge < -0.3 is 9.80 Å². The highest BCUT2D eigenvalue weighted by atomic mass is 32.1. The van der Waals surface area contributed by atoms with Crippen LogP contribution in [0.25, 0.3) is 0 Å². The van der Waals surface area contributed by atoms with Crippen LogP contribution in [0.2, 0.25) is 0 Å². The van der Waals surface area contributed by atoms with Gasteiger partial charge in [0.25, 0.3) is 5.91 Å². The Hall–Kier alpha value is -2.02. The molecule has 2 aromatic heterocycles. The second kappa shape index (κ2) is 6.86. The van der Waals surface area contributed by atoms with E-state index >= 15 is 0 Å². The van der Waals surface area contributed by atoms with Crippen LogP contribution in [0.5, 0.6) is 0 Å². The van der Waals surface area contributed by atoms with E-state index in [1.807, 2.05) is 35.5 Å². The van der Waals surface area contributed by atoms with Gasteiger partial charge in [-0.1, -0.05) is 13.8 Å². The summed E-state index contributed by atoms with van der Waals surface area (Å²) in [7, 11) is 3.93. The summed E-state index contributed by atoms with van der Waals surface area (Å²) < 4.78 is 0. The van der Waals surface area contributed by atoms with Gasteiger partial charge >= 0.3 is 0 Å². The van der Waals surface area contributed by atoms with Crippen LogP contribution in [-0.4, -0.2) is 52.9 Å². The van der Waals surface area contributed by atoms with Gasteiger partial charge in [-0.25, -0.2) is 15.0 Å². The van der Waals surface area contributed by atoms with E-state index in [0.29, 0.717) is 10.9 Å². The molecule has 1 aliphatic heterocycles. The van der Waals surface area contributed by atoms with Crippen molar-refractivity contribution in [3.05, 3.63) is 33.5 Å². The van der Waals surface area contributed by atoms with E-state index in [4.69, 9.17) is 4.98 Å². The summed E-state index contributed by atoms with van der Waals surface area (Å²) >= 11 is 1.47. The maximum absolute atomic E-state index is 13.1. The minimum atomic E-state index is -0.0327. The Morgan fingerprint density at radius 1 is 1.30 bits per heavy atom. The molecule has 1 spiro atoms. The molecule has 0 N–H and O–H groups in total. The molecule has 0 radical (unpaired) electrons. The summed E-state index contributed by atoms with van der Waals surface area (Å²) in [5.41, 5.74) is 3.37. The second-order valence-electron chi connectivity index (χ2n) is 8.28. The molecule has 0 aromatic carbocycles. The fourth-order valence-corrected chi connectivity index (χ4v) is 5.18. The number of carbonyl (C=O) groups is 1. The molecule has 1 aliphatic carbocycles. The monoisotopic (exact) mass is 385 g/mol. The Labute approximate surface area is 164 Å². The number of carbonyl (C=O) groups excluding carboxylic acids is 1. The molecular formula is C20H27N5OS. The number of anilines is 1. The first kappa shape index (κ1) is 18.3. The van der Waals surface area contributed by atoms with E-state index in [2.05, 4.69) is 23.8 Å². The van der Waals surface area contributed by atoms with Gasteiger partial charge in [0.15, 0.2) is 5.01 Å². The predicted molar refractivity (Wildman–Crippen MR) is 108 cm³/mol. The lowest BCUT2D eigenvalue weighted by Gasteiger charge is -2.40. The van der Waals surface area contributed by atoms with Crippen LogP contribution >= 0.6 is 11.3 Å². The van der Waals surface area contributed by atoms with Crippen LogP contribution in [-0.2, 0) is 11.8 Å². The number of likely N-dealkylation sites (tertiary alicyclic amines) is 1. The van der Waals surface area contributed by atoms with Crippen LogP contribution in [0.15, 0.2) is 11.6 Å². The van der Waals surface area contributed by atoms with Crippen molar-refractivity contribution < 1.29 is 4.79 Å². The number of nitrogens with zero attached hydrogens (tertiary/aromatic N) is 5. The first-order chi connectivity index (χ1) is 12.9. The zero-order chi connectivity index (χ0) is 19.2. The maximum atomic E-state index is 13.1. The van der Waals surface area contributed by atoms with Crippen molar-refractivity contribution in [3.63, 3.8) is 0 Å². The number of aryl methyl sites for hydroxylation is 1. The SMILES string of the molecule is CC(C)c1csc(C(=O)N2CCCC3(CCc4cnc(N(C)C)nc43)C2)n1. The third-order valence-electron chi connectivity index (χ3n) is 5.79. The molecule has 1 atom stereocenters. The Bertz CT molecular complexity index is 858. The summed E-state index contributed by atoms with van der Waals surface area (Å²) in [4.78, 5) is 31.0. The zero-order valence-corrected chi connectivity index (χ0v) is 17.3. The molecule has 0 bridgehead atoms. The summed E-state index contributed by atoms with van der Waals surface area (Å²) in [6.07, 6.45) is 6.12. The highest BCUT2D eigenvalue weighted by molar-refractivity contribution is 7.11. The molecule has 3 heterocycles. The van der Waals surface area contributed by atoms with Crippen molar-refractivity contribution in [2.45, 2.75) is 50.9 Å². The number of fused-ring (bicyclic) bond motifs is 2. The molecule has 1 fully saturated rings. The van der Waals surface area contributed by atoms with Gasteiger partial charge in [-0.05, 0) is 37.2 Å². The minimum absolute atomic E-state index is 0.0327. The first-order valence-corrected chi connectivity index (χ1v) is 10.6. The molecule has 27 heavy (non-hydrogen) atoms. The van der Waals surface area contributed by atoms with Crippen molar-refractivity contribution in [2.75, 3.05) is 32.1 Å². The van der Waals surface area contributed by atoms with Crippen LogP contribution in [0, 0.1) is 0 Å². The molecule has 144 valence electrons. The van der Waals surface area contributed by atoms with Gasteiger partial charge in [0, 0.05) is 44.2 Å². The van der Waals surface area contributed by atoms with Gasteiger partial charge in [0.2, 0.25) is 5.95 Å². The first-order valence-electron chi connectivity index (χ1n) is 9.68. The molecular weight excluding hydrogens is 358 g/mol. The van der Waals surface area contributed by atoms with Crippen LogP contribution < -0.4 is 4.90 Å². The largest absolute Gasteiger partial charge is 0.347 e. The second-order valence-corrected chi connectivity index (χ2v) is 9.14. The molecule has 2 aromatic rings. The van der Waals surface area contributed by atoms with Gasteiger partial charge in [0.05, 0.1) is 11.4 Å². The smallest absolute Gasteiger partial charge is 0.282 e.